The third-order valence-electron chi connectivity index (χ3n) is 3.70. The van der Waals surface area contributed by atoms with Crippen LogP contribution in [-0.4, -0.2) is 38.0 Å². The van der Waals surface area contributed by atoms with Gasteiger partial charge in [-0.3, -0.25) is 14.4 Å². The Hall–Kier alpha value is -2.37. The van der Waals surface area contributed by atoms with Crippen LogP contribution in [0.5, 0.6) is 0 Å². The lowest BCUT2D eigenvalue weighted by Gasteiger charge is -2.21. The van der Waals surface area contributed by atoms with Crippen molar-refractivity contribution in [3.63, 3.8) is 0 Å². The number of carbonyl (C=O) groups excluding carboxylic acids is 3. The second-order valence-electron chi connectivity index (χ2n) is 5.33. The molecule has 23 heavy (non-hydrogen) atoms. The minimum Gasteiger partial charge on any atom is -0.455 e. The standard InChI is InChI=1S/C17H24N2O4/c1-4-12(2)16(13-8-6-5-7-9-13)17(22)23-11-15(21)19-10-14(20)18-3/h5-9,12,16H,4,10-11H2,1-3H3,(H,18,20)(H,19,21)/t12-,16-/m0/s1. The maximum Gasteiger partial charge on any atom is 0.314 e. The van der Waals surface area contributed by atoms with Gasteiger partial charge in [0.25, 0.3) is 5.91 Å². The molecule has 6 nitrogen and oxygen atoms in total. The second-order valence-corrected chi connectivity index (χ2v) is 5.33. The highest BCUT2D eigenvalue weighted by atomic mass is 16.5. The smallest absolute Gasteiger partial charge is 0.314 e. The van der Waals surface area contributed by atoms with Crippen molar-refractivity contribution in [1.29, 1.82) is 0 Å². The largest absolute Gasteiger partial charge is 0.455 e. The van der Waals surface area contributed by atoms with Gasteiger partial charge in [0.1, 0.15) is 0 Å². The van der Waals surface area contributed by atoms with Crippen LogP contribution in [0.25, 0.3) is 0 Å². The zero-order valence-corrected chi connectivity index (χ0v) is 13.8. The van der Waals surface area contributed by atoms with Gasteiger partial charge in [-0.1, -0.05) is 50.6 Å². The second kappa shape index (κ2) is 9.61. The van der Waals surface area contributed by atoms with E-state index in [0.717, 1.165) is 12.0 Å². The highest BCUT2D eigenvalue weighted by Gasteiger charge is 2.27. The van der Waals surface area contributed by atoms with Crippen LogP contribution in [0.3, 0.4) is 0 Å². The normalized spacial score (nSPS) is 12.8. The Morgan fingerprint density at radius 2 is 1.78 bits per heavy atom. The molecule has 0 saturated carbocycles. The average Bonchev–Trinajstić information content (AvgIpc) is 2.58. The van der Waals surface area contributed by atoms with Crippen LogP contribution < -0.4 is 10.6 Å². The maximum atomic E-state index is 12.4. The van der Waals surface area contributed by atoms with E-state index >= 15 is 0 Å². The molecule has 1 aromatic carbocycles. The molecule has 0 saturated heterocycles. The van der Waals surface area contributed by atoms with Gasteiger partial charge in [-0.15, -0.1) is 0 Å². The van der Waals surface area contributed by atoms with Crippen molar-refractivity contribution in [3.8, 4) is 0 Å². The molecule has 0 aromatic heterocycles. The van der Waals surface area contributed by atoms with Gasteiger partial charge in [0, 0.05) is 7.05 Å². The summed E-state index contributed by atoms with van der Waals surface area (Å²) < 4.78 is 5.13. The van der Waals surface area contributed by atoms with E-state index in [-0.39, 0.29) is 18.4 Å². The molecule has 0 radical (unpaired) electrons. The summed E-state index contributed by atoms with van der Waals surface area (Å²) in [5, 5.41) is 4.77. The first-order valence-corrected chi connectivity index (χ1v) is 7.68. The van der Waals surface area contributed by atoms with Crippen LogP contribution >= 0.6 is 0 Å². The van der Waals surface area contributed by atoms with Crippen LogP contribution in [-0.2, 0) is 19.1 Å². The number of rotatable bonds is 8. The maximum absolute atomic E-state index is 12.4. The predicted octanol–water partition coefficient (Wildman–Crippen LogP) is 1.22. The summed E-state index contributed by atoms with van der Waals surface area (Å²) in [6.45, 7) is 3.45. The van der Waals surface area contributed by atoms with Crippen LogP contribution in [0.15, 0.2) is 30.3 Å². The number of hydrogen-bond acceptors (Lipinski definition) is 4. The topological polar surface area (TPSA) is 84.5 Å². The van der Waals surface area contributed by atoms with Crippen molar-refractivity contribution < 1.29 is 19.1 Å². The first kappa shape index (κ1) is 18.7. The van der Waals surface area contributed by atoms with Gasteiger partial charge in [0.05, 0.1) is 12.5 Å². The fraction of sp³-hybridized carbons (Fsp3) is 0.471. The summed E-state index contributed by atoms with van der Waals surface area (Å²) in [6.07, 6.45) is 0.817. The zero-order chi connectivity index (χ0) is 17.2. The summed E-state index contributed by atoms with van der Waals surface area (Å²) in [7, 11) is 1.48. The fourth-order valence-electron chi connectivity index (χ4n) is 2.14. The van der Waals surface area contributed by atoms with Crippen LogP contribution in [0, 0.1) is 5.92 Å². The van der Waals surface area contributed by atoms with Crippen molar-refractivity contribution in [3.05, 3.63) is 35.9 Å². The highest BCUT2D eigenvalue weighted by Crippen LogP contribution is 2.28. The van der Waals surface area contributed by atoms with Gasteiger partial charge >= 0.3 is 5.97 Å². The molecule has 0 aliphatic carbocycles. The van der Waals surface area contributed by atoms with E-state index in [1.54, 1.807) is 0 Å². The molecule has 126 valence electrons. The van der Waals surface area contributed by atoms with Gasteiger partial charge in [0.15, 0.2) is 6.61 Å². The Balaban J connectivity index is 2.61. The summed E-state index contributed by atoms with van der Waals surface area (Å²) in [6, 6.07) is 9.38. The average molecular weight is 320 g/mol. The first-order valence-electron chi connectivity index (χ1n) is 7.68. The van der Waals surface area contributed by atoms with Crippen molar-refractivity contribution in [2.24, 2.45) is 5.92 Å². The summed E-state index contributed by atoms with van der Waals surface area (Å²) in [5.41, 5.74) is 0.873. The van der Waals surface area contributed by atoms with Crippen molar-refractivity contribution in [2.75, 3.05) is 20.2 Å². The third kappa shape index (κ3) is 6.10. The van der Waals surface area contributed by atoms with Gasteiger partial charge in [-0.05, 0) is 11.5 Å². The molecule has 0 aliphatic heterocycles. The Morgan fingerprint density at radius 3 is 2.35 bits per heavy atom. The molecule has 1 aromatic rings. The zero-order valence-electron chi connectivity index (χ0n) is 13.8. The number of benzene rings is 1. The number of ether oxygens (including phenoxy) is 1. The van der Waals surface area contributed by atoms with Crippen molar-refractivity contribution in [1.82, 2.24) is 10.6 Å². The fourth-order valence-corrected chi connectivity index (χ4v) is 2.14. The van der Waals surface area contributed by atoms with E-state index < -0.39 is 24.4 Å². The number of esters is 1. The Kier molecular flexibility index (Phi) is 7.80. The molecule has 0 unspecified atom stereocenters. The molecule has 2 atom stereocenters. The lowest BCUT2D eigenvalue weighted by atomic mass is 9.86. The Bertz CT molecular complexity index is 531. The molecule has 2 amide bonds. The molecule has 0 spiro atoms. The molecule has 0 aliphatic rings. The van der Waals surface area contributed by atoms with Crippen LogP contribution in [0.1, 0.15) is 31.7 Å². The van der Waals surface area contributed by atoms with E-state index in [2.05, 4.69) is 10.6 Å². The van der Waals surface area contributed by atoms with Gasteiger partial charge in [-0.2, -0.15) is 0 Å². The summed E-state index contributed by atoms with van der Waals surface area (Å²) in [5.74, 6) is -1.56. The quantitative estimate of drug-likeness (QED) is 0.705. The molecular formula is C17H24N2O4. The van der Waals surface area contributed by atoms with E-state index in [1.807, 2.05) is 44.2 Å². The number of likely N-dealkylation sites (N-methyl/N-ethyl adjacent to an activating group) is 1. The highest BCUT2D eigenvalue weighted by molar-refractivity contribution is 5.87. The van der Waals surface area contributed by atoms with Crippen molar-refractivity contribution in [2.45, 2.75) is 26.2 Å². The van der Waals surface area contributed by atoms with Crippen molar-refractivity contribution >= 4 is 17.8 Å². The van der Waals surface area contributed by atoms with Gasteiger partial charge in [-0.25, -0.2) is 0 Å². The molecule has 0 heterocycles. The molecule has 0 bridgehead atoms. The predicted molar refractivity (Wildman–Crippen MR) is 86.7 cm³/mol. The van der Waals surface area contributed by atoms with Gasteiger partial charge in [0.2, 0.25) is 5.91 Å². The number of nitrogens with one attached hydrogen (secondary N) is 2. The molecule has 1 rings (SSSR count). The molecular weight excluding hydrogens is 296 g/mol. The summed E-state index contributed by atoms with van der Waals surface area (Å²) >= 11 is 0. The van der Waals surface area contributed by atoms with E-state index in [0.29, 0.717) is 0 Å². The first-order chi connectivity index (χ1) is 11.0. The number of carbonyl (C=O) groups is 3. The molecule has 0 fully saturated rings. The minimum absolute atomic E-state index is 0.0961. The van der Waals surface area contributed by atoms with E-state index in [9.17, 15) is 14.4 Å². The Morgan fingerprint density at radius 1 is 1.13 bits per heavy atom. The SMILES string of the molecule is CC[C@H](C)[C@H](C(=O)OCC(=O)NCC(=O)NC)c1ccccc1. The molecule has 2 N–H and O–H groups in total. The lowest BCUT2D eigenvalue weighted by molar-refractivity contribution is -0.151. The van der Waals surface area contributed by atoms with E-state index in [1.165, 1.54) is 7.05 Å². The molecule has 6 heteroatoms. The third-order valence-corrected chi connectivity index (χ3v) is 3.70. The number of hydrogen-bond donors (Lipinski definition) is 2. The summed E-state index contributed by atoms with van der Waals surface area (Å²) in [4.78, 5) is 35.0. The minimum atomic E-state index is -0.502. The van der Waals surface area contributed by atoms with Crippen LogP contribution in [0.2, 0.25) is 0 Å². The van der Waals surface area contributed by atoms with Crippen LogP contribution in [0.4, 0.5) is 0 Å². The van der Waals surface area contributed by atoms with Gasteiger partial charge < -0.3 is 15.4 Å². The monoisotopic (exact) mass is 320 g/mol. The number of amides is 2. The lowest BCUT2D eigenvalue weighted by Crippen LogP contribution is -2.37. The Labute approximate surface area is 136 Å². The van der Waals surface area contributed by atoms with E-state index in [4.69, 9.17) is 4.74 Å².